The molecule has 0 aliphatic carbocycles. The summed E-state index contributed by atoms with van der Waals surface area (Å²) in [5.74, 6) is 1.58. The zero-order valence-corrected chi connectivity index (χ0v) is 18.9. The Bertz CT molecular complexity index is 1080. The molecule has 7 heteroatoms. The summed E-state index contributed by atoms with van der Waals surface area (Å²) in [5.41, 5.74) is 1.31. The van der Waals surface area contributed by atoms with Gasteiger partial charge in [0, 0.05) is 13.6 Å². The van der Waals surface area contributed by atoms with Crippen LogP contribution in [0.25, 0.3) is 0 Å². The van der Waals surface area contributed by atoms with Gasteiger partial charge in [-0.25, -0.2) is 4.79 Å². The van der Waals surface area contributed by atoms with Gasteiger partial charge in [0.1, 0.15) is 11.5 Å². The van der Waals surface area contributed by atoms with Gasteiger partial charge in [-0.05, 0) is 54.4 Å². The molecule has 0 aliphatic heterocycles. The van der Waals surface area contributed by atoms with Crippen molar-refractivity contribution in [3.63, 3.8) is 0 Å². The number of carbonyl (C=O) groups excluding carboxylic acids is 2. The van der Waals surface area contributed by atoms with Gasteiger partial charge in [-0.15, -0.1) is 0 Å². The lowest BCUT2D eigenvalue weighted by molar-refractivity contribution is -0.133. The number of esters is 1. The molecular weight excluding hydrogens is 422 g/mol. The highest BCUT2D eigenvalue weighted by molar-refractivity contribution is 5.91. The highest BCUT2D eigenvalue weighted by Crippen LogP contribution is 2.27. The standard InChI is InChI=1S/C26H27NO6/c1-27(15-14-19-12-13-23(30-2)24(16-19)31-3)25(28)18-32-26(29)20-8-7-11-22(17-20)33-21-9-5-4-6-10-21/h4-13,16-17H,14-15,18H2,1-3H3. The number of likely N-dealkylation sites (N-methyl/N-ethyl adjacent to an activating group) is 1. The zero-order valence-electron chi connectivity index (χ0n) is 18.9. The van der Waals surface area contributed by atoms with E-state index in [1.807, 2.05) is 48.5 Å². The third kappa shape index (κ3) is 6.74. The number of hydrogen-bond acceptors (Lipinski definition) is 6. The first-order chi connectivity index (χ1) is 16.0. The Morgan fingerprint density at radius 2 is 1.55 bits per heavy atom. The van der Waals surface area contributed by atoms with Crippen molar-refractivity contribution in [1.82, 2.24) is 4.90 Å². The molecule has 0 fully saturated rings. The van der Waals surface area contributed by atoms with Gasteiger partial charge in [0.15, 0.2) is 18.1 Å². The minimum absolute atomic E-state index is 0.291. The monoisotopic (exact) mass is 449 g/mol. The van der Waals surface area contributed by atoms with Crippen LogP contribution in [0.5, 0.6) is 23.0 Å². The van der Waals surface area contributed by atoms with Gasteiger partial charge in [0.25, 0.3) is 5.91 Å². The number of rotatable bonds is 10. The van der Waals surface area contributed by atoms with E-state index in [0.29, 0.717) is 41.5 Å². The Kier molecular flexibility index (Phi) is 8.30. The fourth-order valence-corrected chi connectivity index (χ4v) is 3.09. The van der Waals surface area contributed by atoms with E-state index in [1.165, 1.54) is 4.90 Å². The van der Waals surface area contributed by atoms with Crippen LogP contribution < -0.4 is 14.2 Å². The zero-order chi connectivity index (χ0) is 23.6. The van der Waals surface area contributed by atoms with E-state index >= 15 is 0 Å². The molecule has 0 radical (unpaired) electrons. The second-order valence-corrected chi connectivity index (χ2v) is 7.27. The third-order valence-electron chi connectivity index (χ3n) is 4.98. The highest BCUT2D eigenvalue weighted by atomic mass is 16.5. The molecule has 3 aromatic rings. The number of amides is 1. The van der Waals surface area contributed by atoms with E-state index in [2.05, 4.69) is 0 Å². The average Bonchev–Trinajstić information content (AvgIpc) is 2.86. The van der Waals surface area contributed by atoms with Crippen LogP contribution in [0.3, 0.4) is 0 Å². The van der Waals surface area contributed by atoms with Gasteiger partial charge in [-0.1, -0.05) is 30.3 Å². The molecule has 172 valence electrons. The van der Waals surface area contributed by atoms with Crippen molar-refractivity contribution < 1.29 is 28.5 Å². The maximum Gasteiger partial charge on any atom is 0.338 e. The quantitative estimate of drug-likeness (QED) is 0.429. The number of carbonyl (C=O) groups is 2. The summed E-state index contributed by atoms with van der Waals surface area (Å²) in [4.78, 5) is 26.4. The SMILES string of the molecule is COc1ccc(CCN(C)C(=O)COC(=O)c2cccc(Oc3ccccc3)c2)cc1OC. The molecule has 0 heterocycles. The molecule has 0 atom stereocenters. The van der Waals surface area contributed by atoms with Crippen molar-refractivity contribution in [2.24, 2.45) is 0 Å². The molecule has 0 N–H and O–H groups in total. The van der Waals surface area contributed by atoms with Gasteiger partial charge in [-0.2, -0.15) is 0 Å². The van der Waals surface area contributed by atoms with Crippen molar-refractivity contribution >= 4 is 11.9 Å². The minimum Gasteiger partial charge on any atom is -0.493 e. The second-order valence-electron chi connectivity index (χ2n) is 7.27. The summed E-state index contributed by atoms with van der Waals surface area (Å²) in [6.45, 7) is 0.122. The summed E-state index contributed by atoms with van der Waals surface area (Å²) >= 11 is 0. The summed E-state index contributed by atoms with van der Waals surface area (Å²) in [7, 11) is 4.83. The fourth-order valence-electron chi connectivity index (χ4n) is 3.09. The average molecular weight is 450 g/mol. The first kappa shape index (κ1) is 23.7. The Balaban J connectivity index is 1.49. The van der Waals surface area contributed by atoms with E-state index in [-0.39, 0.29) is 12.5 Å². The predicted molar refractivity (Wildman–Crippen MR) is 124 cm³/mol. The van der Waals surface area contributed by atoms with Gasteiger partial charge in [0.2, 0.25) is 0 Å². The van der Waals surface area contributed by atoms with Crippen molar-refractivity contribution in [1.29, 1.82) is 0 Å². The first-order valence-corrected chi connectivity index (χ1v) is 10.4. The molecule has 33 heavy (non-hydrogen) atoms. The number of ether oxygens (including phenoxy) is 4. The maximum atomic E-state index is 12.4. The largest absolute Gasteiger partial charge is 0.493 e. The smallest absolute Gasteiger partial charge is 0.338 e. The lowest BCUT2D eigenvalue weighted by Crippen LogP contribution is -2.32. The molecule has 0 aliphatic rings. The van der Waals surface area contributed by atoms with Crippen LogP contribution in [0, 0.1) is 0 Å². The predicted octanol–water partition coefficient (Wildman–Crippen LogP) is 4.35. The molecule has 0 spiro atoms. The molecule has 0 unspecified atom stereocenters. The van der Waals surface area contributed by atoms with E-state index in [0.717, 1.165) is 5.56 Å². The molecule has 0 saturated heterocycles. The van der Waals surface area contributed by atoms with E-state index in [1.54, 1.807) is 45.5 Å². The molecular formula is C26H27NO6. The van der Waals surface area contributed by atoms with Crippen molar-refractivity contribution in [3.05, 3.63) is 83.9 Å². The molecule has 3 aromatic carbocycles. The van der Waals surface area contributed by atoms with E-state index in [9.17, 15) is 9.59 Å². The fraction of sp³-hybridized carbons (Fsp3) is 0.231. The topological polar surface area (TPSA) is 74.3 Å². The number of para-hydroxylation sites is 1. The molecule has 1 amide bonds. The number of methoxy groups -OCH3 is 2. The lowest BCUT2D eigenvalue weighted by atomic mass is 10.1. The molecule has 3 rings (SSSR count). The van der Waals surface area contributed by atoms with Crippen LogP contribution in [0.15, 0.2) is 72.8 Å². The van der Waals surface area contributed by atoms with Crippen molar-refractivity contribution in [3.8, 4) is 23.0 Å². The van der Waals surface area contributed by atoms with Gasteiger partial charge >= 0.3 is 5.97 Å². The van der Waals surface area contributed by atoms with E-state index in [4.69, 9.17) is 18.9 Å². The number of hydrogen-bond donors (Lipinski definition) is 0. The first-order valence-electron chi connectivity index (χ1n) is 10.4. The van der Waals surface area contributed by atoms with Crippen LogP contribution in [-0.2, 0) is 16.0 Å². The second kappa shape index (κ2) is 11.6. The summed E-state index contributed by atoms with van der Waals surface area (Å²) in [6.07, 6.45) is 0.620. The molecule has 0 bridgehead atoms. The van der Waals surface area contributed by atoms with Crippen molar-refractivity contribution in [2.75, 3.05) is 34.4 Å². The van der Waals surface area contributed by atoms with Crippen LogP contribution in [0.2, 0.25) is 0 Å². The van der Waals surface area contributed by atoms with Gasteiger partial charge < -0.3 is 23.8 Å². The van der Waals surface area contributed by atoms with Crippen LogP contribution >= 0.6 is 0 Å². The van der Waals surface area contributed by atoms with Crippen LogP contribution in [0.1, 0.15) is 15.9 Å². The minimum atomic E-state index is -0.588. The number of benzene rings is 3. The summed E-state index contributed by atoms with van der Waals surface area (Å²) in [5, 5.41) is 0. The Morgan fingerprint density at radius 1 is 0.818 bits per heavy atom. The van der Waals surface area contributed by atoms with Crippen molar-refractivity contribution in [2.45, 2.75) is 6.42 Å². The Labute approximate surface area is 193 Å². The van der Waals surface area contributed by atoms with Gasteiger partial charge in [-0.3, -0.25) is 4.79 Å². The van der Waals surface area contributed by atoms with Crippen LogP contribution in [0.4, 0.5) is 0 Å². The Hall–Kier alpha value is -4.00. The lowest BCUT2D eigenvalue weighted by Gasteiger charge is -2.17. The third-order valence-corrected chi connectivity index (χ3v) is 4.98. The summed E-state index contributed by atoms with van der Waals surface area (Å²) < 4.78 is 21.5. The molecule has 0 aromatic heterocycles. The maximum absolute atomic E-state index is 12.4. The highest BCUT2D eigenvalue weighted by Gasteiger charge is 2.15. The number of nitrogens with zero attached hydrogens (tertiary/aromatic N) is 1. The van der Waals surface area contributed by atoms with E-state index < -0.39 is 5.97 Å². The van der Waals surface area contributed by atoms with Gasteiger partial charge in [0.05, 0.1) is 19.8 Å². The van der Waals surface area contributed by atoms with Crippen LogP contribution in [-0.4, -0.2) is 51.2 Å². The molecule has 0 saturated carbocycles. The Morgan fingerprint density at radius 3 is 2.27 bits per heavy atom. The summed E-state index contributed by atoms with van der Waals surface area (Å²) in [6, 6.07) is 21.5. The normalized spacial score (nSPS) is 10.3. The molecule has 7 nitrogen and oxygen atoms in total.